The molecule has 2 amide bonds. The first-order valence-electron chi connectivity index (χ1n) is 9.56. The number of thioether (sulfide) groups is 1. The standard InChI is InChI=1S/C21H21BrClN5O2S/c1-2-28-18(12-24-19(29)10-14-6-4-3-5-7-14)26-27-21(28)31-13-20(30)25-15-8-9-17(23)16(22)11-15/h3-9,11H,2,10,12-13H2,1H3,(H,24,29)(H,25,30). The molecule has 0 atom stereocenters. The fourth-order valence-corrected chi connectivity index (χ4v) is 4.11. The Hall–Kier alpha value is -2.36. The van der Waals surface area contributed by atoms with Gasteiger partial charge < -0.3 is 15.2 Å². The van der Waals surface area contributed by atoms with E-state index >= 15 is 0 Å². The quantitative estimate of drug-likeness (QED) is 0.409. The molecule has 2 aromatic carbocycles. The van der Waals surface area contributed by atoms with Crippen LogP contribution in [0, 0.1) is 0 Å². The molecule has 0 radical (unpaired) electrons. The maximum absolute atomic E-state index is 12.3. The van der Waals surface area contributed by atoms with Crippen molar-refractivity contribution < 1.29 is 9.59 Å². The molecule has 10 heteroatoms. The average Bonchev–Trinajstić information content (AvgIpc) is 3.16. The molecule has 7 nitrogen and oxygen atoms in total. The van der Waals surface area contributed by atoms with Gasteiger partial charge in [0.05, 0.1) is 23.7 Å². The molecule has 0 spiro atoms. The van der Waals surface area contributed by atoms with E-state index in [1.54, 1.807) is 18.2 Å². The number of carbonyl (C=O) groups is 2. The number of nitrogens with one attached hydrogen (secondary N) is 2. The van der Waals surface area contributed by atoms with Gasteiger partial charge in [0.25, 0.3) is 0 Å². The lowest BCUT2D eigenvalue weighted by atomic mass is 10.1. The number of aromatic nitrogens is 3. The van der Waals surface area contributed by atoms with E-state index in [-0.39, 0.29) is 24.1 Å². The first-order chi connectivity index (χ1) is 15.0. The number of rotatable bonds is 9. The number of anilines is 1. The third-order valence-corrected chi connectivity index (χ3v) is 6.48. The van der Waals surface area contributed by atoms with E-state index in [1.165, 1.54) is 11.8 Å². The first kappa shape index (κ1) is 23.3. The second kappa shape index (κ2) is 11.3. The summed E-state index contributed by atoms with van der Waals surface area (Å²) in [5.41, 5.74) is 1.60. The highest BCUT2D eigenvalue weighted by Crippen LogP contribution is 2.26. The largest absolute Gasteiger partial charge is 0.349 e. The summed E-state index contributed by atoms with van der Waals surface area (Å²) in [6.07, 6.45) is 0.309. The molecule has 162 valence electrons. The number of nitrogens with zero attached hydrogens (tertiary/aromatic N) is 3. The van der Waals surface area contributed by atoms with Crippen molar-refractivity contribution in [2.24, 2.45) is 0 Å². The van der Waals surface area contributed by atoms with Gasteiger partial charge in [0.1, 0.15) is 0 Å². The highest BCUT2D eigenvalue weighted by molar-refractivity contribution is 9.10. The molecule has 0 unspecified atom stereocenters. The van der Waals surface area contributed by atoms with Gasteiger partial charge in [0, 0.05) is 16.7 Å². The Morgan fingerprint density at radius 1 is 1.13 bits per heavy atom. The lowest BCUT2D eigenvalue weighted by molar-refractivity contribution is -0.120. The summed E-state index contributed by atoms with van der Waals surface area (Å²) in [7, 11) is 0. The van der Waals surface area contributed by atoms with E-state index in [9.17, 15) is 9.59 Å². The van der Waals surface area contributed by atoms with Crippen molar-refractivity contribution >= 4 is 56.8 Å². The van der Waals surface area contributed by atoms with E-state index in [1.807, 2.05) is 41.8 Å². The molecule has 0 fully saturated rings. The van der Waals surface area contributed by atoms with Gasteiger partial charge in [-0.1, -0.05) is 53.7 Å². The molecule has 3 rings (SSSR count). The van der Waals surface area contributed by atoms with Crippen LogP contribution in [0.2, 0.25) is 5.02 Å². The van der Waals surface area contributed by atoms with E-state index in [4.69, 9.17) is 11.6 Å². The Morgan fingerprint density at radius 3 is 2.61 bits per heavy atom. The zero-order valence-corrected chi connectivity index (χ0v) is 19.9. The van der Waals surface area contributed by atoms with Gasteiger partial charge in [-0.3, -0.25) is 9.59 Å². The number of hydrogen-bond donors (Lipinski definition) is 2. The van der Waals surface area contributed by atoms with Crippen LogP contribution in [0.25, 0.3) is 0 Å². The van der Waals surface area contributed by atoms with E-state index in [0.29, 0.717) is 39.1 Å². The average molecular weight is 523 g/mol. The first-order valence-corrected chi connectivity index (χ1v) is 11.7. The van der Waals surface area contributed by atoms with Crippen LogP contribution >= 0.6 is 39.3 Å². The molecule has 1 heterocycles. The third-order valence-electron chi connectivity index (χ3n) is 4.30. The fourth-order valence-electron chi connectivity index (χ4n) is 2.80. The normalized spacial score (nSPS) is 10.7. The fraction of sp³-hybridized carbons (Fsp3) is 0.238. The summed E-state index contributed by atoms with van der Waals surface area (Å²) in [5, 5.41) is 15.3. The van der Waals surface area contributed by atoms with Crippen molar-refractivity contribution in [3.8, 4) is 0 Å². The van der Waals surface area contributed by atoms with Gasteiger partial charge in [0.2, 0.25) is 11.8 Å². The van der Waals surface area contributed by atoms with Crippen LogP contribution in [-0.2, 0) is 29.1 Å². The number of carbonyl (C=O) groups excluding carboxylic acids is 2. The minimum Gasteiger partial charge on any atom is -0.349 e. The molecular weight excluding hydrogens is 502 g/mol. The summed E-state index contributed by atoms with van der Waals surface area (Å²) in [4.78, 5) is 24.5. The van der Waals surface area contributed by atoms with Crippen LogP contribution in [-0.4, -0.2) is 32.3 Å². The molecule has 1 aromatic heterocycles. The van der Waals surface area contributed by atoms with Gasteiger partial charge in [-0.2, -0.15) is 0 Å². The highest BCUT2D eigenvalue weighted by atomic mass is 79.9. The molecule has 0 aliphatic rings. The van der Waals surface area contributed by atoms with Crippen molar-refractivity contribution in [2.75, 3.05) is 11.1 Å². The number of benzene rings is 2. The second-order valence-corrected chi connectivity index (χ2v) is 8.75. The van der Waals surface area contributed by atoms with E-state index in [0.717, 1.165) is 5.56 Å². The van der Waals surface area contributed by atoms with E-state index < -0.39 is 0 Å². The molecule has 31 heavy (non-hydrogen) atoms. The topological polar surface area (TPSA) is 88.9 Å². The zero-order chi connectivity index (χ0) is 22.2. The Bertz CT molecular complexity index is 1060. The van der Waals surface area contributed by atoms with Crippen LogP contribution in [0.15, 0.2) is 58.2 Å². The van der Waals surface area contributed by atoms with Crippen molar-refractivity contribution in [3.63, 3.8) is 0 Å². The second-order valence-electron chi connectivity index (χ2n) is 6.55. The molecule has 0 aliphatic carbocycles. The summed E-state index contributed by atoms with van der Waals surface area (Å²) in [5.74, 6) is 0.578. The van der Waals surface area contributed by atoms with Gasteiger partial charge in [-0.25, -0.2) is 0 Å². The Balaban J connectivity index is 1.52. The number of amides is 2. The van der Waals surface area contributed by atoms with Crippen LogP contribution < -0.4 is 10.6 Å². The van der Waals surface area contributed by atoms with Gasteiger partial charge in [-0.05, 0) is 46.6 Å². The maximum Gasteiger partial charge on any atom is 0.234 e. The minimum atomic E-state index is -0.164. The van der Waals surface area contributed by atoms with Crippen LogP contribution in [0.5, 0.6) is 0 Å². The number of halogens is 2. The predicted molar refractivity (Wildman–Crippen MR) is 126 cm³/mol. The maximum atomic E-state index is 12.3. The molecule has 0 bridgehead atoms. The molecule has 0 saturated carbocycles. The highest BCUT2D eigenvalue weighted by Gasteiger charge is 2.14. The Labute approximate surface area is 198 Å². The van der Waals surface area contributed by atoms with Crippen LogP contribution in [0.1, 0.15) is 18.3 Å². The van der Waals surface area contributed by atoms with Crippen molar-refractivity contribution in [1.29, 1.82) is 0 Å². The van der Waals surface area contributed by atoms with Crippen LogP contribution in [0.3, 0.4) is 0 Å². The van der Waals surface area contributed by atoms with Crippen molar-refractivity contribution in [3.05, 3.63) is 69.4 Å². The Morgan fingerprint density at radius 2 is 1.90 bits per heavy atom. The van der Waals surface area contributed by atoms with Gasteiger partial charge in [0.15, 0.2) is 11.0 Å². The van der Waals surface area contributed by atoms with Gasteiger partial charge >= 0.3 is 0 Å². The molecule has 0 aliphatic heterocycles. The minimum absolute atomic E-state index is 0.0837. The number of hydrogen-bond acceptors (Lipinski definition) is 5. The third kappa shape index (κ3) is 6.81. The van der Waals surface area contributed by atoms with Crippen molar-refractivity contribution in [1.82, 2.24) is 20.1 Å². The summed E-state index contributed by atoms with van der Waals surface area (Å²) >= 11 is 10.6. The Kier molecular flexibility index (Phi) is 8.51. The van der Waals surface area contributed by atoms with Crippen LogP contribution in [0.4, 0.5) is 5.69 Å². The zero-order valence-electron chi connectivity index (χ0n) is 16.8. The molecule has 2 N–H and O–H groups in total. The van der Waals surface area contributed by atoms with Gasteiger partial charge in [-0.15, -0.1) is 10.2 Å². The summed E-state index contributed by atoms with van der Waals surface area (Å²) in [6, 6.07) is 14.7. The lowest BCUT2D eigenvalue weighted by Crippen LogP contribution is -2.26. The molecular formula is C21H21BrClN5O2S. The molecule has 0 saturated heterocycles. The summed E-state index contributed by atoms with van der Waals surface area (Å²) < 4.78 is 2.60. The predicted octanol–water partition coefficient (Wildman–Crippen LogP) is 4.30. The lowest BCUT2D eigenvalue weighted by Gasteiger charge is -2.09. The molecule has 3 aromatic rings. The summed E-state index contributed by atoms with van der Waals surface area (Å²) in [6.45, 7) is 2.87. The monoisotopic (exact) mass is 521 g/mol. The SMILES string of the molecule is CCn1c(CNC(=O)Cc2ccccc2)nnc1SCC(=O)Nc1ccc(Cl)c(Br)c1. The van der Waals surface area contributed by atoms with Crippen molar-refractivity contribution in [2.45, 2.75) is 31.6 Å². The van der Waals surface area contributed by atoms with E-state index in [2.05, 4.69) is 36.8 Å². The smallest absolute Gasteiger partial charge is 0.234 e.